The molecule has 3 rings (SSSR count). The van der Waals surface area contributed by atoms with Gasteiger partial charge in [-0.05, 0) is 48.5 Å². The quantitative estimate of drug-likeness (QED) is 0.341. The van der Waals surface area contributed by atoms with E-state index in [1.165, 1.54) is 12.1 Å². The first-order valence-electron chi connectivity index (χ1n) is 6.97. The zero-order valence-corrected chi connectivity index (χ0v) is 12.8. The minimum Gasteiger partial charge on any atom is -0.298 e. The number of rotatable bonds is 3. The van der Waals surface area contributed by atoms with Crippen LogP contribution in [0, 0.1) is 22.1 Å². The van der Waals surface area contributed by atoms with Crippen molar-refractivity contribution >= 4 is 6.29 Å². The molecule has 2 aromatic carbocycles. The Kier molecular flexibility index (Phi) is 5.68. The fraction of sp³-hybridized carbons (Fsp3) is 0. The van der Waals surface area contributed by atoms with Gasteiger partial charge in [-0.1, -0.05) is 0 Å². The van der Waals surface area contributed by atoms with E-state index in [9.17, 15) is 9.18 Å². The van der Waals surface area contributed by atoms with Gasteiger partial charge in [0.2, 0.25) is 0 Å². The lowest BCUT2D eigenvalue weighted by atomic mass is 10.1. The molecule has 0 aliphatic rings. The summed E-state index contributed by atoms with van der Waals surface area (Å²) < 4.78 is 14.7. The van der Waals surface area contributed by atoms with E-state index in [4.69, 9.17) is 10.2 Å². The standard InChI is InChI=1S/C17H10FN3O.H2N2O/c18-14-5-3-13(4-6-14)17-9-15(10-19)20-21(17)16-7-1-12(11-22)2-8-16;1-2-3/h1-9,11H;(H2,1,3). The van der Waals surface area contributed by atoms with Crippen molar-refractivity contribution < 1.29 is 9.18 Å². The van der Waals surface area contributed by atoms with Crippen LogP contribution in [0.1, 0.15) is 16.1 Å². The molecule has 2 N–H and O–H groups in total. The Hall–Kier alpha value is -3.86. The fourth-order valence-electron chi connectivity index (χ4n) is 2.15. The Morgan fingerprint density at radius 3 is 2.28 bits per heavy atom. The molecule has 0 aliphatic heterocycles. The van der Waals surface area contributed by atoms with Crippen molar-refractivity contribution in [1.29, 1.82) is 5.26 Å². The highest BCUT2D eigenvalue weighted by atomic mass is 19.1. The van der Waals surface area contributed by atoms with Gasteiger partial charge in [-0.2, -0.15) is 10.4 Å². The molecule has 1 aromatic heterocycles. The lowest BCUT2D eigenvalue weighted by Gasteiger charge is -2.07. The summed E-state index contributed by atoms with van der Waals surface area (Å²) >= 11 is 0. The highest BCUT2D eigenvalue weighted by Gasteiger charge is 2.11. The van der Waals surface area contributed by atoms with E-state index in [1.807, 2.05) is 6.07 Å². The molecular weight excluding hydrogens is 325 g/mol. The van der Waals surface area contributed by atoms with Gasteiger partial charge in [0.25, 0.3) is 0 Å². The molecule has 0 spiro atoms. The summed E-state index contributed by atoms with van der Waals surface area (Å²) in [5.41, 5.74) is 2.95. The number of aldehydes is 1. The van der Waals surface area contributed by atoms with Crippen LogP contribution < -0.4 is 5.84 Å². The Labute approximate surface area is 142 Å². The molecule has 7 nitrogen and oxygen atoms in total. The summed E-state index contributed by atoms with van der Waals surface area (Å²) in [6.45, 7) is 0. The first-order valence-corrected chi connectivity index (χ1v) is 6.97. The number of aromatic nitrogens is 2. The first-order chi connectivity index (χ1) is 12.1. The topological polar surface area (TPSA) is 114 Å². The normalized spacial score (nSPS) is 9.44. The second kappa shape index (κ2) is 8.12. The number of nitrogens with zero attached hydrogens (tertiary/aromatic N) is 4. The van der Waals surface area contributed by atoms with Crippen LogP contribution in [0.3, 0.4) is 0 Å². The van der Waals surface area contributed by atoms with Crippen molar-refractivity contribution in [3.63, 3.8) is 0 Å². The Morgan fingerprint density at radius 1 is 1.16 bits per heavy atom. The van der Waals surface area contributed by atoms with Gasteiger partial charge in [0.05, 0.1) is 11.4 Å². The van der Waals surface area contributed by atoms with Crippen LogP contribution >= 0.6 is 0 Å². The number of halogens is 1. The largest absolute Gasteiger partial charge is 0.298 e. The minimum atomic E-state index is -0.328. The number of nitroso groups, excluding NO2 is 1. The third-order valence-corrected chi connectivity index (χ3v) is 3.24. The van der Waals surface area contributed by atoms with Crippen molar-refractivity contribution in [2.75, 3.05) is 0 Å². The molecule has 0 aliphatic carbocycles. The number of nitriles is 1. The lowest BCUT2D eigenvalue weighted by Crippen LogP contribution is -1.99. The maximum atomic E-state index is 13.1. The number of carbonyl (C=O) groups excluding carboxylic acids is 1. The van der Waals surface area contributed by atoms with Crippen molar-refractivity contribution in [2.24, 2.45) is 11.1 Å². The molecule has 0 saturated carbocycles. The fourth-order valence-corrected chi connectivity index (χ4v) is 2.15. The Balaban J connectivity index is 0.000000701. The monoisotopic (exact) mass is 337 g/mol. The number of carbonyl (C=O) groups is 1. The zero-order valence-electron chi connectivity index (χ0n) is 12.8. The number of hydrogen-bond donors (Lipinski definition) is 1. The average molecular weight is 337 g/mol. The third kappa shape index (κ3) is 4.11. The Bertz CT molecular complexity index is 912. The first kappa shape index (κ1) is 17.5. The zero-order chi connectivity index (χ0) is 18.2. The maximum Gasteiger partial charge on any atom is 0.163 e. The van der Waals surface area contributed by atoms with Crippen molar-refractivity contribution in [1.82, 2.24) is 9.78 Å². The summed E-state index contributed by atoms with van der Waals surface area (Å²) in [4.78, 5) is 19.1. The van der Waals surface area contributed by atoms with Crippen LogP contribution in [0.2, 0.25) is 0 Å². The predicted octanol–water partition coefficient (Wildman–Crippen LogP) is 2.99. The molecule has 1 heterocycles. The van der Waals surface area contributed by atoms with Gasteiger partial charge in [-0.25, -0.2) is 9.07 Å². The van der Waals surface area contributed by atoms with Gasteiger partial charge in [-0.15, -0.1) is 4.91 Å². The molecule has 0 fully saturated rings. The summed E-state index contributed by atoms with van der Waals surface area (Å²) in [6.07, 6.45) is 0.758. The van der Waals surface area contributed by atoms with Crippen LogP contribution in [-0.4, -0.2) is 16.1 Å². The number of hydrogen-bond acceptors (Lipinski definition) is 5. The van der Waals surface area contributed by atoms with E-state index in [0.717, 1.165) is 11.8 Å². The van der Waals surface area contributed by atoms with E-state index < -0.39 is 0 Å². The van der Waals surface area contributed by atoms with Crippen LogP contribution in [0.5, 0.6) is 0 Å². The lowest BCUT2D eigenvalue weighted by molar-refractivity contribution is 0.112. The number of nitrogens with two attached hydrogens (primary N) is 1. The van der Waals surface area contributed by atoms with E-state index in [2.05, 4.69) is 10.9 Å². The molecule has 25 heavy (non-hydrogen) atoms. The molecule has 0 saturated heterocycles. The molecule has 3 aromatic rings. The third-order valence-electron chi connectivity index (χ3n) is 3.24. The second-order valence-corrected chi connectivity index (χ2v) is 4.76. The molecule has 0 amide bonds. The molecular formula is C17H12FN5O2. The number of benzene rings is 2. The van der Waals surface area contributed by atoms with E-state index in [-0.39, 0.29) is 11.5 Å². The van der Waals surface area contributed by atoms with Gasteiger partial charge in [0.15, 0.2) is 5.69 Å². The van der Waals surface area contributed by atoms with Crippen LogP contribution in [-0.2, 0) is 0 Å². The summed E-state index contributed by atoms with van der Waals surface area (Å²) in [6, 6.07) is 16.4. The average Bonchev–Trinajstić information content (AvgIpc) is 3.07. The smallest absolute Gasteiger partial charge is 0.163 e. The summed E-state index contributed by atoms with van der Waals surface area (Å²) in [7, 11) is 0. The van der Waals surface area contributed by atoms with Crippen LogP contribution in [0.15, 0.2) is 59.9 Å². The van der Waals surface area contributed by atoms with Crippen molar-refractivity contribution in [3.05, 3.63) is 76.6 Å². The van der Waals surface area contributed by atoms with E-state index >= 15 is 0 Å². The minimum absolute atomic E-state index is 0.263. The predicted molar refractivity (Wildman–Crippen MR) is 89.0 cm³/mol. The molecule has 8 heteroatoms. The van der Waals surface area contributed by atoms with Gasteiger partial charge in [-0.3, -0.25) is 10.6 Å². The summed E-state index contributed by atoms with van der Waals surface area (Å²) in [5.74, 6) is 3.59. The summed E-state index contributed by atoms with van der Waals surface area (Å²) in [5, 5.41) is 15.0. The van der Waals surface area contributed by atoms with Crippen LogP contribution in [0.25, 0.3) is 16.9 Å². The van der Waals surface area contributed by atoms with E-state index in [1.54, 1.807) is 52.4 Å². The van der Waals surface area contributed by atoms with Gasteiger partial charge < -0.3 is 0 Å². The van der Waals surface area contributed by atoms with Gasteiger partial charge >= 0.3 is 0 Å². The molecule has 0 radical (unpaired) electrons. The van der Waals surface area contributed by atoms with E-state index in [0.29, 0.717) is 16.9 Å². The second-order valence-electron chi connectivity index (χ2n) is 4.76. The van der Waals surface area contributed by atoms with Crippen molar-refractivity contribution in [3.8, 4) is 23.0 Å². The van der Waals surface area contributed by atoms with Crippen LogP contribution in [0.4, 0.5) is 4.39 Å². The molecule has 0 unspecified atom stereocenters. The highest BCUT2D eigenvalue weighted by Crippen LogP contribution is 2.24. The highest BCUT2D eigenvalue weighted by molar-refractivity contribution is 5.75. The molecule has 0 atom stereocenters. The van der Waals surface area contributed by atoms with Crippen molar-refractivity contribution in [2.45, 2.75) is 0 Å². The maximum absolute atomic E-state index is 13.1. The molecule has 0 bridgehead atoms. The van der Waals surface area contributed by atoms with Gasteiger partial charge in [0, 0.05) is 22.5 Å². The molecule has 124 valence electrons. The SMILES string of the molecule is N#Cc1cc(-c2ccc(F)cc2)n(-c2ccc(C=O)cc2)n1.NN=O. The Morgan fingerprint density at radius 2 is 1.76 bits per heavy atom. The van der Waals surface area contributed by atoms with Gasteiger partial charge in [0.1, 0.15) is 18.2 Å².